The highest BCUT2D eigenvalue weighted by atomic mass is 16.4. The van der Waals surface area contributed by atoms with Gasteiger partial charge in [0.1, 0.15) is 29.6 Å². The molecule has 0 aliphatic carbocycles. The fraction of sp³-hybridized carbons (Fsp3) is 0.362. The summed E-state index contributed by atoms with van der Waals surface area (Å²) in [6, 6.07) is 15.9. The monoisotopic (exact) mass is 853 g/mol. The molecule has 3 rings (SSSR count). The van der Waals surface area contributed by atoms with E-state index in [2.05, 4.69) is 28.2 Å². The Morgan fingerprint density at radius 3 is 1.85 bits per heavy atom. The maximum Gasteiger partial charge on any atom is 0.328 e. The third kappa shape index (κ3) is 15.8. The van der Waals surface area contributed by atoms with Gasteiger partial charge in [0.05, 0.1) is 12.2 Å². The zero-order valence-corrected chi connectivity index (χ0v) is 35.9. The van der Waals surface area contributed by atoms with E-state index in [9.17, 15) is 49.2 Å². The highest BCUT2D eigenvalue weighted by molar-refractivity contribution is 6.05. The summed E-state index contributed by atoms with van der Waals surface area (Å²) in [6.45, 7) is 8.18. The number of carboxylic acid groups (broad SMARTS) is 1. The number of nitrogens with one attached hydrogen (secondary N) is 4. The second-order valence-corrected chi connectivity index (χ2v) is 15.4. The standard InChI is InChI=1S/C47H59N5O10/c1-7-8-10-17-34-18-13-14-19-35(34)22-25-40(56)50-41(30(4)53)46(60)52(6)39(28-33-20-23-36(55)24-21-33)45(59)49-37(26-29(2)3)43(57)48-38(27-32-15-11-9-12-16-32)44(58)51-42(31(5)54)47(61)62/h9-25,28-31,37-38,41-42,53-55H,7-8,26-27H2,1-6H3,(H,48,57)(H,49,59)(H,50,56)(H,51,58)(H,61,62)/b17-10-,25-22+,39-28+/t30-,31-,37-,38+,41-,42-/m0/s1. The number of benzene rings is 3. The third-order valence-corrected chi connectivity index (χ3v) is 9.62. The van der Waals surface area contributed by atoms with Crippen molar-refractivity contribution in [3.05, 3.63) is 119 Å². The predicted molar refractivity (Wildman–Crippen MR) is 237 cm³/mol. The Kier molecular flexibility index (Phi) is 19.8. The second-order valence-electron chi connectivity index (χ2n) is 15.4. The zero-order valence-electron chi connectivity index (χ0n) is 35.9. The van der Waals surface area contributed by atoms with E-state index in [0.29, 0.717) is 11.1 Å². The lowest BCUT2D eigenvalue weighted by Gasteiger charge is -2.29. The number of aliphatic hydroxyl groups is 2. The van der Waals surface area contributed by atoms with Gasteiger partial charge in [0.25, 0.3) is 11.8 Å². The van der Waals surface area contributed by atoms with Gasteiger partial charge >= 0.3 is 5.97 Å². The van der Waals surface area contributed by atoms with Crippen LogP contribution in [0.2, 0.25) is 0 Å². The van der Waals surface area contributed by atoms with Crippen molar-refractivity contribution >= 4 is 53.7 Å². The average molecular weight is 854 g/mol. The summed E-state index contributed by atoms with van der Waals surface area (Å²) in [4.78, 5) is 82.0. The summed E-state index contributed by atoms with van der Waals surface area (Å²) in [6.07, 6.45) is 7.09. The number of hydrogen-bond acceptors (Lipinski definition) is 9. The maximum atomic E-state index is 14.3. The predicted octanol–water partition coefficient (Wildman–Crippen LogP) is 3.79. The Balaban J connectivity index is 1.95. The largest absolute Gasteiger partial charge is 0.508 e. The summed E-state index contributed by atoms with van der Waals surface area (Å²) in [5.74, 6) is -5.91. The highest BCUT2D eigenvalue weighted by Gasteiger charge is 2.35. The van der Waals surface area contributed by atoms with Gasteiger partial charge in [0.15, 0.2) is 6.04 Å². The summed E-state index contributed by atoms with van der Waals surface area (Å²) >= 11 is 0. The number of phenolic OH excluding ortho intramolecular Hbond substituents is 1. The van der Waals surface area contributed by atoms with E-state index in [1.165, 1.54) is 57.3 Å². The molecule has 3 aromatic rings. The average Bonchev–Trinajstić information content (AvgIpc) is 3.22. The number of carbonyl (C=O) groups is 6. The van der Waals surface area contributed by atoms with Crippen molar-refractivity contribution in [1.29, 1.82) is 0 Å². The van der Waals surface area contributed by atoms with Crippen molar-refractivity contribution in [3.63, 3.8) is 0 Å². The Hall–Kier alpha value is -6.58. The molecule has 62 heavy (non-hydrogen) atoms. The second kappa shape index (κ2) is 24.6. The molecule has 0 unspecified atom stereocenters. The van der Waals surface area contributed by atoms with Crippen LogP contribution in [0.15, 0.2) is 96.7 Å². The quantitative estimate of drug-likeness (QED) is 0.0682. The van der Waals surface area contributed by atoms with Gasteiger partial charge in [-0.15, -0.1) is 0 Å². The molecule has 0 aliphatic rings. The maximum absolute atomic E-state index is 14.3. The van der Waals surface area contributed by atoms with Gasteiger partial charge in [-0.1, -0.05) is 106 Å². The molecule has 5 amide bonds. The van der Waals surface area contributed by atoms with Crippen LogP contribution >= 0.6 is 0 Å². The number of phenols is 1. The molecule has 0 aromatic heterocycles. The molecule has 0 radical (unpaired) electrons. The van der Waals surface area contributed by atoms with E-state index in [4.69, 9.17) is 0 Å². The molecule has 0 bridgehead atoms. The van der Waals surface area contributed by atoms with Crippen molar-refractivity contribution < 1.29 is 49.2 Å². The molecular formula is C47H59N5O10. The number of aromatic hydroxyl groups is 1. The van der Waals surface area contributed by atoms with E-state index in [0.717, 1.165) is 28.9 Å². The van der Waals surface area contributed by atoms with E-state index < -0.39 is 71.9 Å². The number of amides is 5. The Morgan fingerprint density at radius 1 is 0.710 bits per heavy atom. The van der Waals surface area contributed by atoms with Crippen molar-refractivity contribution in [2.75, 3.05) is 7.05 Å². The summed E-state index contributed by atoms with van der Waals surface area (Å²) in [5.41, 5.74) is 2.32. The van der Waals surface area contributed by atoms with Gasteiger partial charge in [-0.25, -0.2) is 4.79 Å². The van der Waals surface area contributed by atoms with Crippen LogP contribution in [-0.4, -0.2) is 104 Å². The Morgan fingerprint density at radius 2 is 1.29 bits per heavy atom. The summed E-state index contributed by atoms with van der Waals surface area (Å²) in [5, 5.41) is 50.4. The van der Waals surface area contributed by atoms with Gasteiger partial charge in [-0.3, -0.25) is 24.0 Å². The van der Waals surface area contributed by atoms with Gasteiger partial charge in [0, 0.05) is 19.5 Å². The molecule has 8 N–H and O–H groups in total. The van der Waals surface area contributed by atoms with E-state index in [-0.39, 0.29) is 30.2 Å². The van der Waals surface area contributed by atoms with E-state index in [1.807, 2.05) is 36.4 Å². The molecule has 0 heterocycles. The number of allylic oxidation sites excluding steroid dienone is 1. The summed E-state index contributed by atoms with van der Waals surface area (Å²) in [7, 11) is 1.27. The lowest BCUT2D eigenvalue weighted by Crippen LogP contribution is -2.58. The number of hydrogen-bond donors (Lipinski definition) is 8. The molecule has 0 saturated carbocycles. The highest BCUT2D eigenvalue weighted by Crippen LogP contribution is 2.18. The Bertz CT molecular complexity index is 2080. The van der Waals surface area contributed by atoms with Crippen LogP contribution in [0.25, 0.3) is 18.2 Å². The van der Waals surface area contributed by atoms with Crippen LogP contribution in [0.5, 0.6) is 5.75 Å². The third-order valence-electron chi connectivity index (χ3n) is 9.62. The lowest BCUT2D eigenvalue weighted by molar-refractivity contribution is -0.145. The van der Waals surface area contributed by atoms with Crippen LogP contribution in [0.3, 0.4) is 0 Å². The lowest BCUT2D eigenvalue weighted by atomic mass is 10.0. The fourth-order valence-electron chi connectivity index (χ4n) is 6.23. The van der Waals surface area contributed by atoms with Crippen LogP contribution in [0, 0.1) is 5.92 Å². The molecule has 15 heteroatoms. The van der Waals surface area contributed by atoms with E-state index in [1.54, 1.807) is 50.3 Å². The first kappa shape index (κ1) is 49.8. The number of likely N-dealkylation sites (N-methyl/N-ethyl adjacent to an activating group) is 1. The van der Waals surface area contributed by atoms with Gasteiger partial charge in [-0.05, 0) is 79.1 Å². The number of aliphatic hydroxyl groups excluding tert-OH is 2. The van der Waals surface area contributed by atoms with Gasteiger partial charge < -0.3 is 46.6 Å². The van der Waals surface area contributed by atoms with Crippen molar-refractivity contribution in [2.45, 2.75) is 96.7 Å². The number of aliphatic carboxylic acids is 1. The Labute approximate surface area is 362 Å². The van der Waals surface area contributed by atoms with Crippen LogP contribution in [0.1, 0.15) is 76.1 Å². The summed E-state index contributed by atoms with van der Waals surface area (Å²) < 4.78 is 0. The fourth-order valence-corrected chi connectivity index (χ4v) is 6.23. The number of nitrogens with zero attached hydrogens (tertiary/aromatic N) is 1. The zero-order chi connectivity index (χ0) is 45.9. The first-order valence-corrected chi connectivity index (χ1v) is 20.5. The normalized spacial score (nSPS) is 14.6. The number of rotatable bonds is 22. The van der Waals surface area contributed by atoms with Crippen molar-refractivity contribution in [2.24, 2.45) is 5.92 Å². The number of carbonyl (C=O) groups excluding carboxylic acids is 5. The SMILES string of the molecule is CCC/C=C\c1ccccc1/C=C/C(=O)N[C@H](C(=O)N(C)/C(=C/c1ccc(O)cc1)C(=O)N[C@@H](CC(C)C)C(=O)N[C@H](Cc1ccccc1)C(=O)N[C@H](C(=O)O)[C@H](C)O)[C@H](C)O. The molecule has 0 spiro atoms. The topological polar surface area (TPSA) is 235 Å². The van der Waals surface area contributed by atoms with Crippen LogP contribution in [-0.2, 0) is 35.2 Å². The number of unbranched alkanes of at least 4 members (excludes halogenated alkanes) is 1. The molecule has 0 aliphatic heterocycles. The van der Waals surface area contributed by atoms with Crippen LogP contribution in [0.4, 0.5) is 0 Å². The molecular weight excluding hydrogens is 795 g/mol. The van der Waals surface area contributed by atoms with E-state index >= 15 is 0 Å². The van der Waals surface area contributed by atoms with Crippen molar-refractivity contribution in [1.82, 2.24) is 26.2 Å². The first-order valence-electron chi connectivity index (χ1n) is 20.5. The minimum atomic E-state index is -1.68. The van der Waals surface area contributed by atoms with Crippen LogP contribution < -0.4 is 21.3 Å². The molecule has 6 atom stereocenters. The first-order chi connectivity index (χ1) is 29.4. The number of carboxylic acids is 1. The molecule has 0 fully saturated rings. The van der Waals surface area contributed by atoms with Gasteiger partial charge in [0.2, 0.25) is 17.7 Å². The molecule has 15 nitrogen and oxygen atoms in total. The smallest absolute Gasteiger partial charge is 0.328 e. The van der Waals surface area contributed by atoms with Gasteiger partial charge in [-0.2, -0.15) is 0 Å². The minimum absolute atomic E-state index is 0.0586. The minimum Gasteiger partial charge on any atom is -0.508 e. The molecule has 332 valence electrons. The van der Waals surface area contributed by atoms with Crippen molar-refractivity contribution in [3.8, 4) is 5.75 Å². The molecule has 3 aromatic carbocycles. The molecule has 0 saturated heterocycles.